The first-order chi connectivity index (χ1) is 19.4. The highest BCUT2D eigenvalue weighted by atomic mass is 35.5. The number of halogens is 1. The van der Waals surface area contributed by atoms with E-state index in [0.717, 1.165) is 11.1 Å². The first kappa shape index (κ1) is 26.8. The van der Waals surface area contributed by atoms with Crippen LogP contribution in [0.1, 0.15) is 54.3 Å². The van der Waals surface area contributed by atoms with Crippen LogP contribution in [0.15, 0.2) is 91.0 Å². The second-order valence-electron chi connectivity index (χ2n) is 9.26. The van der Waals surface area contributed by atoms with E-state index in [1.807, 2.05) is 42.5 Å². The number of ether oxygens (including phenoxy) is 1. The predicted molar refractivity (Wildman–Crippen MR) is 154 cm³/mol. The van der Waals surface area contributed by atoms with Crippen molar-refractivity contribution < 1.29 is 23.9 Å². The quantitative estimate of drug-likeness (QED) is 0.279. The van der Waals surface area contributed by atoms with E-state index in [1.54, 1.807) is 36.4 Å². The molecule has 8 heteroatoms. The molecule has 5 rings (SSSR count). The lowest BCUT2D eigenvalue weighted by atomic mass is 9.99. The van der Waals surface area contributed by atoms with Gasteiger partial charge >= 0.3 is 5.97 Å². The molecule has 0 fully saturated rings. The molecule has 4 aromatic carbocycles. The van der Waals surface area contributed by atoms with Gasteiger partial charge in [-0.3, -0.25) is 14.4 Å². The number of ketones is 1. The van der Waals surface area contributed by atoms with E-state index in [1.165, 1.54) is 24.1 Å². The number of benzene rings is 4. The largest absolute Gasteiger partial charge is 0.465 e. The summed E-state index contributed by atoms with van der Waals surface area (Å²) in [6.07, 6.45) is 0.732. The standard InChI is InChI=1S/C32H25ClN2O5/c1-40-32(39)26-19-22(34-30(37)24-11-6-5-10-23(24)20-8-3-2-4-9-20)14-15-25(26)31(38)35-17-7-12-29(36)27-18-21(33)13-16-28(27)35/h2-6,8-11,13-16,18-19H,7,12,17H2,1H3,(H,34,37). The van der Waals surface area contributed by atoms with Crippen molar-refractivity contribution in [2.24, 2.45) is 0 Å². The third-order valence-corrected chi connectivity index (χ3v) is 6.99. The summed E-state index contributed by atoms with van der Waals surface area (Å²) < 4.78 is 4.97. The number of rotatable bonds is 5. The maximum atomic E-state index is 13.8. The summed E-state index contributed by atoms with van der Waals surface area (Å²) in [6.45, 7) is 0.286. The number of carbonyl (C=O) groups excluding carboxylic acids is 4. The Hall–Kier alpha value is -4.75. The number of carbonyl (C=O) groups is 4. The van der Waals surface area contributed by atoms with Crippen molar-refractivity contribution in [3.8, 4) is 11.1 Å². The van der Waals surface area contributed by atoms with E-state index < -0.39 is 11.9 Å². The Morgan fingerprint density at radius 2 is 1.57 bits per heavy atom. The van der Waals surface area contributed by atoms with Gasteiger partial charge in [-0.25, -0.2) is 4.79 Å². The van der Waals surface area contributed by atoms with Crippen molar-refractivity contribution in [1.82, 2.24) is 0 Å². The number of nitrogens with zero attached hydrogens (tertiary/aromatic N) is 1. The third kappa shape index (κ3) is 5.37. The van der Waals surface area contributed by atoms with Gasteiger partial charge in [0.2, 0.25) is 0 Å². The van der Waals surface area contributed by atoms with Crippen LogP contribution in [0.3, 0.4) is 0 Å². The van der Waals surface area contributed by atoms with Gasteiger partial charge in [-0.2, -0.15) is 0 Å². The number of esters is 1. The molecule has 0 atom stereocenters. The maximum Gasteiger partial charge on any atom is 0.338 e. The fraction of sp³-hybridized carbons (Fsp3) is 0.125. The molecule has 0 saturated carbocycles. The van der Waals surface area contributed by atoms with E-state index >= 15 is 0 Å². The minimum atomic E-state index is -0.730. The van der Waals surface area contributed by atoms with Gasteiger partial charge in [-0.15, -0.1) is 0 Å². The minimum absolute atomic E-state index is 0.00673. The number of nitrogens with one attached hydrogen (secondary N) is 1. The molecule has 1 aliphatic heterocycles. The molecular weight excluding hydrogens is 528 g/mol. The molecule has 1 aliphatic rings. The minimum Gasteiger partial charge on any atom is -0.465 e. The van der Waals surface area contributed by atoms with Gasteiger partial charge in [-0.05, 0) is 60.0 Å². The van der Waals surface area contributed by atoms with Gasteiger partial charge in [0.25, 0.3) is 11.8 Å². The normalized spacial score (nSPS) is 12.8. The highest BCUT2D eigenvalue weighted by Crippen LogP contribution is 2.31. The second kappa shape index (κ2) is 11.6. The lowest BCUT2D eigenvalue weighted by Gasteiger charge is -2.24. The van der Waals surface area contributed by atoms with Crippen molar-refractivity contribution in [2.75, 3.05) is 23.9 Å². The lowest BCUT2D eigenvalue weighted by Crippen LogP contribution is -2.33. The van der Waals surface area contributed by atoms with E-state index in [0.29, 0.717) is 33.9 Å². The van der Waals surface area contributed by atoms with Crippen LogP contribution < -0.4 is 10.2 Å². The van der Waals surface area contributed by atoms with Crippen LogP contribution in [0.2, 0.25) is 5.02 Å². The Morgan fingerprint density at radius 1 is 0.825 bits per heavy atom. The summed E-state index contributed by atoms with van der Waals surface area (Å²) >= 11 is 6.12. The van der Waals surface area contributed by atoms with Crippen molar-refractivity contribution >= 4 is 46.5 Å². The lowest BCUT2D eigenvalue weighted by molar-refractivity contribution is 0.0596. The van der Waals surface area contributed by atoms with E-state index in [-0.39, 0.29) is 35.8 Å². The number of amides is 2. The SMILES string of the molecule is COC(=O)c1cc(NC(=O)c2ccccc2-c2ccccc2)ccc1C(=O)N1CCCC(=O)c2cc(Cl)ccc21. The molecule has 0 aliphatic carbocycles. The van der Waals surface area contributed by atoms with Gasteiger partial charge in [0.15, 0.2) is 5.78 Å². The molecule has 1 heterocycles. The number of anilines is 2. The molecule has 7 nitrogen and oxygen atoms in total. The van der Waals surface area contributed by atoms with Crippen LogP contribution in [0.25, 0.3) is 11.1 Å². The number of fused-ring (bicyclic) bond motifs is 1. The molecule has 0 aromatic heterocycles. The van der Waals surface area contributed by atoms with E-state index in [4.69, 9.17) is 16.3 Å². The van der Waals surface area contributed by atoms with Gasteiger partial charge in [0, 0.05) is 34.8 Å². The fourth-order valence-electron chi connectivity index (χ4n) is 4.81. The molecule has 2 amide bonds. The molecular formula is C32H25ClN2O5. The highest BCUT2D eigenvalue weighted by molar-refractivity contribution is 6.31. The van der Waals surface area contributed by atoms with Crippen LogP contribution in [0.5, 0.6) is 0 Å². The summed E-state index contributed by atoms with van der Waals surface area (Å²) in [7, 11) is 1.22. The Morgan fingerprint density at radius 3 is 2.35 bits per heavy atom. The fourth-order valence-corrected chi connectivity index (χ4v) is 4.98. The van der Waals surface area contributed by atoms with Gasteiger partial charge < -0.3 is 15.0 Å². The Balaban J connectivity index is 1.48. The van der Waals surface area contributed by atoms with Crippen LogP contribution in [0, 0.1) is 0 Å². The van der Waals surface area contributed by atoms with Crippen molar-refractivity contribution in [2.45, 2.75) is 12.8 Å². The summed E-state index contributed by atoms with van der Waals surface area (Å²) in [5.41, 5.74) is 3.30. The van der Waals surface area contributed by atoms with Crippen LogP contribution in [0.4, 0.5) is 11.4 Å². The summed E-state index contributed by atoms with van der Waals surface area (Å²) in [5, 5.41) is 3.23. The smallest absolute Gasteiger partial charge is 0.338 e. The molecule has 0 unspecified atom stereocenters. The molecule has 0 bridgehead atoms. The Kier molecular flexibility index (Phi) is 7.75. The molecule has 200 valence electrons. The average molecular weight is 553 g/mol. The average Bonchev–Trinajstić information content (AvgIpc) is 3.15. The van der Waals surface area contributed by atoms with E-state index in [9.17, 15) is 19.2 Å². The van der Waals surface area contributed by atoms with Gasteiger partial charge in [0.05, 0.1) is 23.9 Å². The number of methoxy groups -OCH3 is 1. The topological polar surface area (TPSA) is 92.8 Å². The van der Waals surface area contributed by atoms with Crippen molar-refractivity contribution in [3.63, 3.8) is 0 Å². The predicted octanol–water partition coefficient (Wildman–Crippen LogP) is 6.67. The highest BCUT2D eigenvalue weighted by Gasteiger charge is 2.29. The monoisotopic (exact) mass is 552 g/mol. The zero-order chi connectivity index (χ0) is 28.2. The number of hydrogen-bond donors (Lipinski definition) is 1. The maximum absolute atomic E-state index is 13.8. The Bertz CT molecular complexity index is 1630. The summed E-state index contributed by atoms with van der Waals surface area (Å²) in [5.74, 6) is -1.67. The Labute approximate surface area is 236 Å². The van der Waals surface area contributed by atoms with Crippen LogP contribution in [-0.4, -0.2) is 37.2 Å². The molecule has 0 spiro atoms. The van der Waals surface area contributed by atoms with Gasteiger partial charge in [0.1, 0.15) is 0 Å². The number of Topliss-reactive ketones (excluding diaryl/α,β-unsaturated/α-hetero) is 1. The van der Waals surface area contributed by atoms with Crippen LogP contribution >= 0.6 is 11.6 Å². The molecule has 40 heavy (non-hydrogen) atoms. The van der Waals surface area contributed by atoms with Crippen LogP contribution in [-0.2, 0) is 4.74 Å². The third-order valence-electron chi connectivity index (χ3n) is 6.75. The van der Waals surface area contributed by atoms with Crippen molar-refractivity contribution in [3.05, 3.63) is 118 Å². The second-order valence-corrected chi connectivity index (χ2v) is 9.70. The molecule has 1 N–H and O–H groups in total. The van der Waals surface area contributed by atoms with Crippen molar-refractivity contribution in [1.29, 1.82) is 0 Å². The molecule has 0 radical (unpaired) electrons. The molecule has 4 aromatic rings. The summed E-state index contributed by atoms with van der Waals surface area (Å²) in [4.78, 5) is 54.0. The van der Waals surface area contributed by atoms with Gasteiger partial charge in [-0.1, -0.05) is 60.1 Å². The first-order valence-corrected chi connectivity index (χ1v) is 13.1. The zero-order valence-electron chi connectivity index (χ0n) is 21.6. The van der Waals surface area contributed by atoms with E-state index in [2.05, 4.69) is 5.32 Å². The first-order valence-electron chi connectivity index (χ1n) is 12.7. The number of hydrogen-bond acceptors (Lipinski definition) is 5. The zero-order valence-corrected chi connectivity index (χ0v) is 22.4. The molecule has 0 saturated heterocycles. The summed E-state index contributed by atoms with van der Waals surface area (Å²) in [6, 6.07) is 26.0.